The van der Waals surface area contributed by atoms with Crippen LogP contribution in [0.3, 0.4) is 0 Å². The maximum Gasteiger partial charge on any atom is 0.250 e. The predicted molar refractivity (Wildman–Crippen MR) is 78.1 cm³/mol. The molecule has 20 heavy (non-hydrogen) atoms. The molecule has 0 fully saturated rings. The minimum atomic E-state index is -0.551. The lowest BCUT2D eigenvalue weighted by atomic mass is 10.2. The molecule has 1 heterocycles. The number of carbonyl (C=O) groups is 1. The van der Waals surface area contributed by atoms with Gasteiger partial charge in [0.2, 0.25) is 11.8 Å². The van der Waals surface area contributed by atoms with E-state index in [4.69, 9.17) is 22.1 Å². The highest BCUT2D eigenvalue weighted by Gasteiger charge is 2.07. The maximum absolute atomic E-state index is 11.2. The van der Waals surface area contributed by atoms with Crippen molar-refractivity contribution in [1.82, 2.24) is 4.98 Å². The number of anilines is 1. The van der Waals surface area contributed by atoms with E-state index in [9.17, 15) is 4.79 Å². The number of pyridine rings is 1. The number of nitrogens with two attached hydrogens (primary N) is 1. The summed E-state index contributed by atoms with van der Waals surface area (Å²) < 4.78 is 4.99. The standard InChI is InChI=1S/C14H14ClN3O2/c1-20-13-5-2-9(8-18-13)7-17-10-3-4-12(15)11(6-10)14(16)19/h2-6,8,17H,7H2,1H3,(H2,16,19). The predicted octanol–water partition coefficient (Wildman–Crippen LogP) is 2.45. The van der Waals surface area contributed by atoms with Crippen molar-refractivity contribution in [2.24, 2.45) is 5.73 Å². The molecule has 5 nitrogen and oxygen atoms in total. The Morgan fingerprint density at radius 1 is 1.40 bits per heavy atom. The quantitative estimate of drug-likeness (QED) is 0.887. The lowest BCUT2D eigenvalue weighted by Gasteiger charge is -2.09. The van der Waals surface area contributed by atoms with Gasteiger partial charge >= 0.3 is 0 Å². The van der Waals surface area contributed by atoms with Gasteiger partial charge in [-0.25, -0.2) is 4.98 Å². The zero-order valence-corrected chi connectivity index (χ0v) is 11.6. The Morgan fingerprint density at radius 3 is 2.80 bits per heavy atom. The van der Waals surface area contributed by atoms with Gasteiger partial charge in [-0.15, -0.1) is 0 Å². The van der Waals surface area contributed by atoms with Crippen LogP contribution in [0.15, 0.2) is 36.5 Å². The van der Waals surface area contributed by atoms with Crippen LogP contribution in [0.1, 0.15) is 15.9 Å². The fourth-order valence-electron chi connectivity index (χ4n) is 1.66. The van der Waals surface area contributed by atoms with Gasteiger partial charge in [-0.2, -0.15) is 0 Å². The monoisotopic (exact) mass is 291 g/mol. The summed E-state index contributed by atoms with van der Waals surface area (Å²) in [6, 6.07) is 8.74. The first-order chi connectivity index (χ1) is 9.60. The molecule has 0 unspecified atom stereocenters. The molecule has 0 bridgehead atoms. The lowest BCUT2D eigenvalue weighted by Crippen LogP contribution is -2.12. The first-order valence-corrected chi connectivity index (χ1v) is 6.30. The Morgan fingerprint density at radius 2 is 2.20 bits per heavy atom. The van der Waals surface area contributed by atoms with Gasteiger partial charge in [-0.1, -0.05) is 17.7 Å². The molecule has 0 atom stereocenters. The highest BCUT2D eigenvalue weighted by molar-refractivity contribution is 6.33. The first-order valence-electron chi connectivity index (χ1n) is 5.92. The topological polar surface area (TPSA) is 77.2 Å². The van der Waals surface area contributed by atoms with Gasteiger partial charge in [0.05, 0.1) is 17.7 Å². The van der Waals surface area contributed by atoms with Crippen molar-refractivity contribution in [3.8, 4) is 5.88 Å². The Hall–Kier alpha value is -2.27. The summed E-state index contributed by atoms with van der Waals surface area (Å²) in [5.41, 5.74) is 7.29. The second-order valence-electron chi connectivity index (χ2n) is 4.12. The van der Waals surface area contributed by atoms with Crippen molar-refractivity contribution in [2.45, 2.75) is 6.54 Å². The number of carbonyl (C=O) groups excluding carboxylic acids is 1. The van der Waals surface area contributed by atoms with E-state index in [-0.39, 0.29) is 0 Å². The number of nitrogens with zero attached hydrogens (tertiary/aromatic N) is 1. The van der Waals surface area contributed by atoms with Gasteiger partial charge in [0.1, 0.15) is 0 Å². The normalized spacial score (nSPS) is 10.1. The highest BCUT2D eigenvalue weighted by Crippen LogP contribution is 2.20. The third kappa shape index (κ3) is 3.39. The van der Waals surface area contributed by atoms with Crippen molar-refractivity contribution in [1.29, 1.82) is 0 Å². The second kappa shape index (κ2) is 6.25. The van der Waals surface area contributed by atoms with Crippen LogP contribution in [-0.2, 0) is 6.54 Å². The number of methoxy groups -OCH3 is 1. The fraction of sp³-hybridized carbons (Fsp3) is 0.143. The van der Waals surface area contributed by atoms with Crippen molar-refractivity contribution >= 4 is 23.2 Å². The molecule has 2 rings (SSSR count). The summed E-state index contributed by atoms with van der Waals surface area (Å²) in [5, 5.41) is 3.52. The number of hydrogen-bond acceptors (Lipinski definition) is 4. The van der Waals surface area contributed by atoms with Crippen LogP contribution < -0.4 is 15.8 Å². The van der Waals surface area contributed by atoms with Crippen molar-refractivity contribution < 1.29 is 9.53 Å². The average molecular weight is 292 g/mol. The molecule has 1 aromatic carbocycles. The molecule has 0 saturated carbocycles. The Bertz CT molecular complexity index is 614. The molecule has 0 saturated heterocycles. The molecule has 1 aromatic heterocycles. The average Bonchev–Trinajstić information content (AvgIpc) is 2.46. The van der Waals surface area contributed by atoms with E-state index in [0.717, 1.165) is 11.3 Å². The SMILES string of the molecule is COc1ccc(CNc2ccc(Cl)c(C(N)=O)c2)cn1. The number of amides is 1. The molecule has 3 N–H and O–H groups in total. The Balaban J connectivity index is 2.06. The maximum atomic E-state index is 11.2. The Kier molecular flexibility index (Phi) is 4.42. The van der Waals surface area contributed by atoms with E-state index in [1.165, 1.54) is 0 Å². The van der Waals surface area contributed by atoms with Crippen LogP contribution in [0, 0.1) is 0 Å². The molecule has 2 aromatic rings. The third-order valence-electron chi connectivity index (χ3n) is 2.74. The number of rotatable bonds is 5. The molecule has 1 amide bonds. The van der Waals surface area contributed by atoms with E-state index in [2.05, 4.69) is 10.3 Å². The number of halogens is 1. The summed E-state index contributed by atoms with van der Waals surface area (Å²) >= 11 is 5.89. The summed E-state index contributed by atoms with van der Waals surface area (Å²) in [4.78, 5) is 15.3. The highest BCUT2D eigenvalue weighted by atomic mass is 35.5. The number of ether oxygens (including phenoxy) is 1. The van der Waals surface area contributed by atoms with Gasteiger partial charge in [0.15, 0.2) is 0 Å². The first kappa shape index (κ1) is 14.1. The lowest BCUT2D eigenvalue weighted by molar-refractivity contribution is 0.100. The molecule has 6 heteroatoms. The minimum Gasteiger partial charge on any atom is -0.481 e. The van der Waals surface area contributed by atoms with Crippen molar-refractivity contribution in [3.05, 3.63) is 52.7 Å². The van der Waals surface area contributed by atoms with Crippen LogP contribution in [-0.4, -0.2) is 18.0 Å². The molecule has 0 aliphatic rings. The Labute approximate surface area is 121 Å². The van der Waals surface area contributed by atoms with Crippen LogP contribution in [0.25, 0.3) is 0 Å². The zero-order valence-electron chi connectivity index (χ0n) is 10.9. The van der Waals surface area contributed by atoms with Crippen LogP contribution in [0.4, 0.5) is 5.69 Å². The number of hydrogen-bond donors (Lipinski definition) is 2. The zero-order chi connectivity index (χ0) is 14.5. The van der Waals surface area contributed by atoms with Crippen LogP contribution >= 0.6 is 11.6 Å². The van der Waals surface area contributed by atoms with E-state index in [0.29, 0.717) is 23.0 Å². The molecule has 104 valence electrons. The molecule has 0 aliphatic carbocycles. The molecular formula is C14H14ClN3O2. The largest absolute Gasteiger partial charge is 0.481 e. The summed E-state index contributed by atoms with van der Waals surface area (Å²) in [6.07, 6.45) is 1.72. The van der Waals surface area contributed by atoms with Gasteiger partial charge in [-0.3, -0.25) is 4.79 Å². The molecule has 0 radical (unpaired) electrons. The summed E-state index contributed by atoms with van der Waals surface area (Å²) in [6.45, 7) is 0.566. The van der Waals surface area contributed by atoms with Gasteiger partial charge in [0.25, 0.3) is 0 Å². The van der Waals surface area contributed by atoms with E-state index in [1.807, 2.05) is 6.07 Å². The van der Waals surface area contributed by atoms with Gasteiger partial charge in [-0.05, 0) is 23.8 Å². The molecule has 0 aliphatic heterocycles. The summed E-state index contributed by atoms with van der Waals surface area (Å²) in [7, 11) is 1.57. The van der Waals surface area contributed by atoms with Gasteiger partial charge in [0, 0.05) is 24.5 Å². The number of primary amides is 1. The van der Waals surface area contributed by atoms with Crippen LogP contribution in [0.5, 0.6) is 5.88 Å². The van der Waals surface area contributed by atoms with Crippen molar-refractivity contribution in [3.63, 3.8) is 0 Å². The molecular weight excluding hydrogens is 278 g/mol. The number of nitrogens with one attached hydrogen (secondary N) is 1. The molecule has 0 spiro atoms. The van der Waals surface area contributed by atoms with E-state index < -0.39 is 5.91 Å². The second-order valence-corrected chi connectivity index (χ2v) is 4.53. The van der Waals surface area contributed by atoms with E-state index in [1.54, 1.807) is 37.6 Å². The third-order valence-corrected chi connectivity index (χ3v) is 3.06. The number of benzene rings is 1. The van der Waals surface area contributed by atoms with Gasteiger partial charge < -0.3 is 15.8 Å². The van der Waals surface area contributed by atoms with Crippen molar-refractivity contribution in [2.75, 3.05) is 12.4 Å². The summed E-state index contributed by atoms with van der Waals surface area (Å²) in [5.74, 6) is 0.0148. The number of aromatic nitrogens is 1. The smallest absolute Gasteiger partial charge is 0.250 e. The fourth-order valence-corrected chi connectivity index (χ4v) is 1.88. The van der Waals surface area contributed by atoms with E-state index >= 15 is 0 Å². The minimum absolute atomic E-state index is 0.296. The van der Waals surface area contributed by atoms with Crippen LogP contribution in [0.2, 0.25) is 5.02 Å².